The smallest absolute Gasteiger partial charge is 0.321 e. The molecule has 1 aromatic carbocycles. The minimum absolute atomic E-state index is 0.0429. The molecular weight excluding hydrogens is 310 g/mol. The molecule has 7 nitrogen and oxygen atoms in total. The van der Waals surface area contributed by atoms with E-state index in [2.05, 4.69) is 10.6 Å². The van der Waals surface area contributed by atoms with Crippen LogP contribution in [-0.4, -0.2) is 55.5 Å². The van der Waals surface area contributed by atoms with Gasteiger partial charge in [0.1, 0.15) is 6.61 Å². The molecule has 0 aromatic heterocycles. The molecule has 2 rings (SSSR count). The highest BCUT2D eigenvalue weighted by molar-refractivity contribution is 5.96. The van der Waals surface area contributed by atoms with Crippen LogP contribution in [0.4, 0.5) is 10.5 Å². The summed E-state index contributed by atoms with van der Waals surface area (Å²) in [6, 6.07) is 6.74. The van der Waals surface area contributed by atoms with E-state index in [1.165, 1.54) is 14.0 Å². The number of Topliss-reactive ketones (excluding diaryl/α,β-unsaturated/α-hetero) is 1. The molecule has 1 saturated heterocycles. The molecule has 0 aliphatic carbocycles. The van der Waals surface area contributed by atoms with Gasteiger partial charge in [0.05, 0.1) is 0 Å². The molecule has 1 aliphatic heterocycles. The van der Waals surface area contributed by atoms with E-state index in [9.17, 15) is 14.4 Å². The van der Waals surface area contributed by atoms with Gasteiger partial charge in [0, 0.05) is 37.5 Å². The zero-order chi connectivity index (χ0) is 17.5. The molecule has 0 spiro atoms. The average Bonchev–Trinajstić information content (AvgIpc) is 2.56. The fourth-order valence-corrected chi connectivity index (χ4v) is 2.65. The van der Waals surface area contributed by atoms with E-state index in [0.717, 1.165) is 0 Å². The van der Waals surface area contributed by atoms with Gasteiger partial charge in [-0.1, -0.05) is 12.1 Å². The van der Waals surface area contributed by atoms with Crippen LogP contribution >= 0.6 is 0 Å². The summed E-state index contributed by atoms with van der Waals surface area (Å²) in [6.07, 6.45) is 1.41. The third kappa shape index (κ3) is 5.06. The highest BCUT2D eigenvalue weighted by Crippen LogP contribution is 2.15. The third-order valence-corrected chi connectivity index (χ3v) is 3.94. The maximum Gasteiger partial charge on any atom is 0.321 e. The Morgan fingerprint density at radius 2 is 1.96 bits per heavy atom. The number of carbonyl (C=O) groups is 3. The summed E-state index contributed by atoms with van der Waals surface area (Å²) in [4.78, 5) is 36.9. The number of methoxy groups -OCH3 is 1. The second kappa shape index (κ2) is 8.44. The lowest BCUT2D eigenvalue weighted by Crippen LogP contribution is -2.48. The number of hydrogen-bond acceptors (Lipinski definition) is 4. The SMILES string of the molecule is COCC(=O)NC1CCN(C(=O)Nc2cccc(C(C)=O)c2)CC1. The monoisotopic (exact) mass is 333 g/mol. The van der Waals surface area contributed by atoms with E-state index in [0.29, 0.717) is 37.2 Å². The van der Waals surface area contributed by atoms with Crippen molar-refractivity contribution in [3.05, 3.63) is 29.8 Å². The molecule has 7 heteroatoms. The number of nitrogens with one attached hydrogen (secondary N) is 2. The lowest BCUT2D eigenvalue weighted by atomic mass is 10.1. The Balaban J connectivity index is 1.83. The fraction of sp³-hybridized carbons (Fsp3) is 0.471. The first-order chi connectivity index (χ1) is 11.5. The zero-order valence-electron chi connectivity index (χ0n) is 14.0. The number of piperidine rings is 1. The molecule has 130 valence electrons. The number of hydrogen-bond donors (Lipinski definition) is 2. The predicted molar refractivity (Wildman–Crippen MR) is 90.1 cm³/mol. The average molecular weight is 333 g/mol. The molecule has 24 heavy (non-hydrogen) atoms. The first-order valence-electron chi connectivity index (χ1n) is 7.95. The Labute approximate surface area is 141 Å². The maximum atomic E-state index is 12.3. The van der Waals surface area contributed by atoms with Crippen molar-refractivity contribution in [2.45, 2.75) is 25.8 Å². The summed E-state index contributed by atoms with van der Waals surface area (Å²) in [5.74, 6) is -0.180. The molecule has 1 aromatic rings. The quantitative estimate of drug-likeness (QED) is 0.802. The Kier molecular flexibility index (Phi) is 6.31. The van der Waals surface area contributed by atoms with Crippen molar-refractivity contribution in [2.24, 2.45) is 0 Å². The van der Waals surface area contributed by atoms with Crippen LogP contribution < -0.4 is 10.6 Å². The van der Waals surface area contributed by atoms with E-state index < -0.39 is 0 Å². The molecule has 0 bridgehead atoms. The van der Waals surface area contributed by atoms with Crippen molar-refractivity contribution >= 4 is 23.4 Å². The fourth-order valence-electron chi connectivity index (χ4n) is 2.65. The van der Waals surface area contributed by atoms with Crippen molar-refractivity contribution in [1.82, 2.24) is 10.2 Å². The van der Waals surface area contributed by atoms with Gasteiger partial charge >= 0.3 is 6.03 Å². The number of likely N-dealkylation sites (tertiary alicyclic amines) is 1. The van der Waals surface area contributed by atoms with Gasteiger partial charge in [-0.05, 0) is 31.9 Å². The van der Waals surface area contributed by atoms with Gasteiger partial charge in [-0.25, -0.2) is 4.79 Å². The largest absolute Gasteiger partial charge is 0.375 e. The van der Waals surface area contributed by atoms with E-state index >= 15 is 0 Å². The lowest BCUT2D eigenvalue weighted by molar-refractivity contribution is -0.125. The Morgan fingerprint density at radius 1 is 1.25 bits per heavy atom. The number of rotatable bonds is 5. The zero-order valence-corrected chi connectivity index (χ0v) is 14.0. The summed E-state index contributed by atoms with van der Waals surface area (Å²) in [5, 5.41) is 5.70. The highest BCUT2D eigenvalue weighted by atomic mass is 16.5. The molecule has 0 unspecified atom stereocenters. The van der Waals surface area contributed by atoms with Gasteiger partial charge in [-0.3, -0.25) is 9.59 Å². The maximum absolute atomic E-state index is 12.3. The minimum atomic E-state index is -0.197. The van der Waals surface area contributed by atoms with Crippen molar-refractivity contribution in [2.75, 3.05) is 32.1 Å². The summed E-state index contributed by atoms with van der Waals surface area (Å²) in [6.45, 7) is 2.67. The van der Waals surface area contributed by atoms with Crippen molar-refractivity contribution in [3.63, 3.8) is 0 Å². The van der Waals surface area contributed by atoms with Crippen molar-refractivity contribution in [1.29, 1.82) is 0 Å². The van der Waals surface area contributed by atoms with E-state index in [4.69, 9.17) is 4.74 Å². The van der Waals surface area contributed by atoms with Crippen molar-refractivity contribution < 1.29 is 19.1 Å². The van der Waals surface area contributed by atoms with Gasteiger partial charge in [-0.2, -0.15) is 0 Å². The first-order valence-corrected chi connectivity index (χ1v) is 7.95. The molecule has 0 saturated carbocycles. The van der Waals surface area contributed by atoms with Gasteiger partial charge in [0.25, 0.3) is 0 Å². The van der Waals surface area contributed by atoms with Crippen LogP contribution in [0.5, 0.6) is 0 Å². The molecular formula is C17H23N3O4. The summed E-state index contributed by atoms with van der Waals surface area (Å²) in [5.41, 5.74) is 1.16. The molecule has 1 aliphatic rings. The van der Waals surface area contributed by atoms with Gasteiger partial charge in [0.15, 0.2) is 5.78 Å². The Hall–Kier alpha value is -2.41. The minimum Gasteiger partial charge on any atom is -0.375 e. The van der Waals surface area contributed by atoms with Gasteiger partial charge in [0.2, 0.25) is 5.91 Å². The summed E-state index contributed by atoms with van der Waals surface area (Å²) in [7, 11) is 1.48. The number of nitrogens with zero attached hydrogens (tertiary/aromatic N) is 1. The Bertz CT molecular complexity index is 610. The molecule has 1 heterocycles. The molecule has 0 atom stereocenters. The van der Waals surface area contributed by atoms with Gasteiger partial charge < -0.3 is 20.3 Å². The molecule has 2 N–H and O–H groups in total. The number of anilines is 1. The third-order valence-electron chi connectivity index (χ3n) is 3.94. The first kappa shape index (κ1) is 17.9. The summed E-state index contributed by atoms with van der Waals surface area (Å²) >= 11 is 0. The topological polar surface area (TPSA) is 87.7 Å². The number of carbonyl (C=O) groups excluding carboxylic acids is 3. The number of ether oxygens (including phenoxy) is 1. The van der Waals surface area contributed by atoms with Crippen LogP contribution in [0.2, 0.25) is 0 Å². The molecule has 3 amide bonds. The van der Waals surface area contributed by atoms with E-state index in [-0.39, 0.29) is 30.4 Å². The molecule has 0 radical (unpaired) electrons. The van der Waals surface area contributed by atoms with Crippen LogP contribution in [0.1, 0.15) is 30.1 Å². The second-order valence-corrected chi connectivity index (χ2v) is 5.83. The standard InChI is InChI=1S/C17H23N3O4/c1-12(21)13-4-3-5-15(10-13)19-17(23)20-8-6-14(7-9-20)18-16(22)11-24-2/h3-5,10,14H,6-9,11H2,1-2H3,(H,18,22)(H,19,23). The van der Waals surface area contributed by atoms with Crippen molar-refractivity contribution in [3.8, 4) is 0 Å². The predicted octanol–water partition coefficient (Wildman–Crippen LogP) is 1.65. The summed E-state index contributed by atoms with van der Waals surface area (Å²) < 4.78 is 4.79. The van der Waals surface area contributed by atoms with Crippen LogP contribution in [0.3, 0.4) is 0 Å². The lowest BCUT2D eigenvalue weighted by Gasteiger charge is -2.32. The highest BCUT2D eigenvalue weighted by Gasteiger charge is 2.23. The number of ketones is 1. The van der Waals surface area contributed by atoms with E-state index in [1.54, 1.807) is 29.2 Å². The number of benzene rings is 1. The second-order valence-electron chi connectivity index (χ2n) is 5.83. The normalized spacial score (nSPS) is 15.0. The molecule has 1 fully saturated rings. The van der Waals surface area contributed by atoms with E-state index in [1.807, 2.05) is 0 Å². The van der Waals surface area contributed by atoms with Crippen LogP contribution in [0.25, 0.3) is 0 Å². The van der Waals surface area contributed by atoms with Gasteiger partial charge in [-0.15, -0.1) is 0 Å². The number of amides is 3. The number of urea groups is 1. The van der Waals surface area contributed by atoms with Crippen LogP contribution in [0, 0.1) is 0 Å². The Morgan fingerprint density at radius 3 is 2.58 bits per heavy atom. The van der Waals surface area contributed by atoms with Crippen LogP contribution in [0.15, 0.2) is 24.3 Å². The van der Waals surface area contributed by atoms with Crippen LogP contribution in [-0.2, 0) is 9.53 Å².